The molecule has 3 aromatic rings. The molecule has 1 N–H and O–H groups in total. The van der Waals surface area contributed by atoms with Crippen molar-refractivity contribution in [2.45, 2.75) is 6.61 Å². The molecule has 0 aliphatic rings. The second-order valence-corrected chi connectivity index (χ2v) is 7.35. The summed E-state index contributed by atoms with van der Waals surface area (Å²) in [6, 6.07) is 19.3. The number of hydrogen-bond acceptors (Lipinski definition) is 5. The Hall–Kier alpha value is -3.86. The van der Waals surface area contributed by atoms with Gasteiger partial charge in [-0.2, -0.15) is 5.26 Å². The van der Waals surface area contributed by atoms with Crippen molar-refractivity contribution in [2.75, 3.05) is 5.32 Å². The number of anilines is 1. The lowest BCUT2D eigenvalue weighted by atomic mass is 10.1. The molecule has 0 spiro atoms. The van der Waals surface area contributed by atoms with Gasteiger partial charge < -0.3 is 10.1 Å². The van der Waals surface area contributed by atoms with Crippen molar-refractivity contribution in [1.82, 2.24) is 0 Å². The first-order chi connectivity index (χ1) is 15.4. The van der Waals surface area contributed by atoms with Crippen molar-refractivity contribution >= 4 is 46.6 Å². The molecule has 9 heteroatoms. The lowest BCUT2D eigenvalue weighted by Gasteiger charge is -2.08. The van der Waals surface area contributed by atoms with Crippen molar-refractivity contribution in [2.24, 2.45) is 0 Å². The number of nitro groups is 1. The Labute approximate surface area is 193 Å². The summed E-state index contributed by atoms with van der Waals surface area (Å²) in [6.45, 7) is 0.293. The molecule has 0 saturated heterocycles. The van der Waals surface area contributed by atoms with E-state index in [0.717, 1.165) is 5.56 Å². The van der Waals surface area contributed by atoms with Gasteiger partial charge in [0.2, 0.25) is 0 Å². The van der Waals surface area contributed by atoms with Gasteiger partial charge in [-0.1, -0.05) is 47.5 Å². The van der Waals surface area contributed by atoms with Crippen LogP contribution in [0.4, 0.5) is 11.4 Å². The number of carbonyl (C=O) groups is 1. The molecule has 32 heavy (non-hydrogen) atoms. The number of rotatable bonds is 7. The molecule has 0 aliphatic heterocycles. The molecule has 3 aromatic carbocycles. The summed E-state index contributed by atoms with van der Waals surface area (Å²) >= 11 is 11.9. The molecule has 0 saturated carbocycles. The van der Waals surface area contributed by atoms with E-state index in [2.05, 4.69) is 5.32 Å². The molecule has 0 bridgehead atoms. The third kappa shape index (κ3) is 6.08. The van der Waals surface area contributed by atoms with Gasteiger partial charge in [-0.15, -0.1) is 0 Å². The maximum absolute atomic E-state index is 12.4. The monoisotopic (exact) mass is 467 g/mol. The molecule has 0 radical (unpaired) electrons. The van der Waals surface area contributed by atoms with E-state index in [1.165, 1.54) is 30.3 Å². The van der Waals surface area contributed by atoms with Crippen LogP contribution in [-0.4, -0.2) is 10.8 Å². The Morgan fingerprint density at radius 3 is 2.50 bits per heavy atom. The van der Waals surface area contributed by atoms with Gasteiger partial charge in [0.1, 0.15) is 24.0 Å². The molecular weight excluding hydrogens is 453 g/mol. The first kappa shape index (κ1) is 22.8. The minimum absolute atomic E-state index is 0.152. The number of carbonyl (C=O) groups excluding carboxylic acids is 1. The molecular formula is C23H15Cl2N3O4. The number of ether oxygens (including phenoxy) is 1. The van der Waals surface area contributed by atoms with Crippen molar-refractivity contribution < 1.29 is 14.5 Å². The highest BCUT2D eigenvalue weighted by Gasteiger charge is 2.12. The van der Waals surface area contributed by atoms with Crippen LogP contribution in [0.5, 0.6) is 5.75 Å². The summed E-state index contributed by atoms with van der Waals surface area (Å²) < 4.78 is 5.71. The topological polar surface area (TPSA) is 105 Å². The Bertz CT molecular complexity index is 1230. The van der Waals surface area contributed by atoms with Crippen molar-refractivity contribution in [1.29, 1.82) is 5.26 Å². The SMILES string of the molecule is N#C/C(=C\c1ccc(OCc2ccc(Cl)c(Cl)c2)cc1)C(=O)Nc1cccc([N+](=O)[O-])c1. The van der Waals surface area contributed by atoms with Crippen LogP contribution in [0.3, 0.4) is 0 Å². The third-order valence-electron chi connectivity index (χ3n) is 4.26. The van der Waals surface area contributed by atoms with Gasteiger partial charge in [-0.25, -0.2) is 0 Å². The summed E-state index contributed by atoms with van der Waals surface area (Å²) in [7, 11) is 0. The molecule has 0 aromatic heterocycles. The second-order valence-electron chi connectivity index (χ2n) is 6.54. The molecule has 160 valence electrons. The van der Waals surface area contributed by atoms with Gasteiger partial charge in [0.15, 0.2) is 0 Å². The Morgan fingerprint density at radius 2 is 1.84 bits per heavy atom. The average molecular weight is 468 g/mol. The van der Waals surface area contributed by atoms with E-state index in [4.69, 9.17) is 27.9 Å². The van der Waals surface area contributed by atoms with Crippen molar-refractivity contribution in [3.8, 4) is 11.8 Å². The van der Waals surface area contributed by atoms with Crippen LogP contribution in [0.15, 0.2) is 72.3 Å². The van der Waals surface area contributed by atoms with E-state index in [9.17, 15) is 20.2 Å². The number of nitro benzene ring substituents is 1. The zero-order valence-corrected chi connectivity index (χ0v) is 17.9. The minimum atomic E-state index is -0.673. The van der Waals surface area contributed by atoms with Crippen LogP contribution in [-0.2, 0) is 11.4 Å². The fourth-order valence-electron chi connectivity index (χ4n) is 2.67. The summed E-state index contributed by atoms with van der Waals surface area (Å²) in [5.41, 5.74) is 1.37. The Kier molecular flexibility index (Phi) is 7.45. The number of nitriles is 1. The van der Waals surface area contributed by atoms with Crippen LogP contribution >= 0.6 is 23.2 Å². The molecule has 3 rings (SSSR count). The van der Waals surface area contributed by atoms with E-state index in [0.29, 0.717) is 28.0 Å². The van der Waals surface area contributed by atoms with E-state index >= 15 is 0 Å². The number of non-ortho nitro benzene ring substituents is 1. The third-order valence-corrected chi connectivity index (χ3v) is 5.00. The van der Waals surface area contributed by atoms with Gasteiger partial charge >= 0.3 is 0 Å². The second kappa shape index (κ2) is 10.4. The average Bonchev–Trinajstić information content (AvgIpc) is 2.79. The Morgan fingerprint density at radius 1 is 1.09 bits per heavy atom. The number of halogens is 2. The van der Waals surface area contributed by atoms with Gasteiger partial charge in [0.05, 0.1) is 15.0 Å². The van der Waals surface area contributed by atoms with E-state index in [-0.39, 0.29) is 16.9 Å². The maximum Gasteiger partial charge on any atom is 0.271 e. The number of amides is 1. The lowest BCUT2D eigenvalue weighted by Crippen LogP contribution is -2.13. The summed E-state index contributed by atoms with van der Waals surface area (Å²) in [4.78, 5) is 22.7. The van der Waals surface area contributed by atoms with Gasteiger partial charge in [-0.3, -0.25) is 14.9 Å². The zero-order chi connectivity index (χ0) is 23.1. The predicted molar refractivity (Wildman–Crippen MR) is 123 cm³/mol. The fraction of sp³-hybridized carbons (Fsp3) is 0.0435. The smallest absolute Gasteiger partial charge is 0.271 e. The molecule has 0 fully saturated rings. The fourth-order valence-corrected chi connectivity index (χ4v) is 2.99. The molecule has 0 aliphatic carbocycles. The van der Waals surface area contributed by atoms with Crippen LogP contribution in [0.2, 0.25) is 10.0 Å². The largest absolute Gasteiger partial charge is 0.489 e. The van der Waals surface area contributed by atoms with Gasteiger partial charge in [0, 0.05) is 17.8 Å². The van der Waals surface area contributed by atoms with Crippen LogP contribution in [0.1, 0.15) is 11.1 Å². The summed E-state index contributed by atoms with van der Waals surface area (Å²) in [5, 5.41) is 23.6. The van der Waals surface area contributed by atoms with E-state index in [1.54, 1.807) is 36.4 Å². The van der Waals surface area contributed by atoms with Crippen molar-refractivity contribution in [3.63, 3.8) is 0 Å². The normalized spacial score (nSPS) is 10.8. The predicted octanol–water partition coefficient (Wildman–Crippen LogP) is 6.03. The highest BCUT2D eigenvalue weighted by atomic mass is 35.5. The number of nitrogens with zero attached hydrogens (tertiary/aromatic N) is 2. The number of nitrogens with one attached hydrogen (secondary N) is 1. The molecule has 7 nitrogen and oxygen atoms in total. The van der Waals surface area contributed by atoms with Crippen LogP contribution in [0.25, 0.3) is 6.08 Å². The van der Waals surface area contributed by atoms with Gasteiger partial charge in [-0.05, 0) is 47.5 Å². The van der Waals surface area contributed by atoms with Crippen LogP contribution in [0, 0.1) is 21.4 Å². The maximum atomic E-state index is 12.4. The molecule has 0 atom stereocenters. The van der Waals surface area contributed by atoms with Gasteiger partial charge in [0.25, 0.3) is 11.6 Å². The quantitative estimate of drug-likeness (QED) is 0.197. The first-order valence-corrected chi connectivity index (χ1v) is 9.95. The first-order valence-electron chi connectivity index (χ1n) is 9.20. The molecule has 0 unspecified atom stereocenters. The molecule has 1 amide bonds. The Balaban J connectivity index is 1.66. The minimum Gasteiger partial charge on any atom is -0.489 e. The highest BCUT2D eigenvalue weighted by molar-refractivity contribution is 6.42. The highest BCUT2D eigenvalue weighted by Crippen LogP contribution is 2.24. The number of benzene rings is 3. The summed E-state index contributed by atoms with van der Waals surface area (Å²) in [6.07, 6.45) is 1.41. The van der Waals surface area contributed by atoms with Crippen LogP contribution < -0.4 is 10.1 Å². The number of hydrogen-bond donors (Lipinski definition) is 1. The van der Waals surface area contributed by atoms with E-state index in [1.807, 2.05) is 12.1 Å². The summed E-state index contributed by atoms with van der Waals surface area (Å²) in [5.74, 6) is -0.0827. The lowest BCUT2D eigenvalue weighted by molar-refractivity contribution is -0.384. The van der Waals surface area contributed by atoms with Crippen molar-refractivity contribution in [3.05, 3.63) is 104 Å². The standard InChI is InChI=1S/C23H15Cl2N3O4/c24-21-9-6-16(11-22(21)25)14-32-20-7-4-15(5-8-20)10-17(13-26)23(29)27-18-2-1-3-19(12-18)28(30)31/h1-12H,14H2,(H,27,29)/b17-10+. The zero-order valence-electron chi connectivity index (χ0n) is 16.4. The van der Waals surface area contributed by atoms with E-state index < -0.39 is 10.8 Å². The molecule has 0 heterocycles.